The number of carbonyl (C=O) groups excluding carboxylic acids is 1. The van der Waals surface area contributed by atoms with Crippen LogP contribution in [-0.2, 0) is 0 Å². The predicted molar refractivity (Wildman–Crippen MR) is 71.5 cm³/mol. The Morgan fingerprint density at radius 1 is 1.58 bits per heavy atom. The Morgan fingerprint density at radius 3 is 2.84 bits per heavy atom. The second-order valence-corrected chi connectivity index (χ2v) is 5.35. The van der Waals surface area contributed by atoms with Crippen molar-refractivity contribution in [2.75, 3.05) is 0 Å². The minimum Gasteiger partial charge on any atom is -0.409 e. The van der Waals surface area contributed by atoms with Gasteiger partial charge in [-0.1, -0.05) is 21.1 Å². The maximum atomic E-state index is 13.6. The molecule has 2 rings (SSSR count). The standard InChI is InChI=1S/C12H13BrFN3O2/c13-7-3-4-9(14)8(5-7)12(18)16-10(6-1-2-6)11(15)17-19/h3-6,10,19H,1-2H2,(H2,15,17)(H,16,18). The molecule has 19 heavy (non-hydrogen) atoms. The van der Waals surface area contributed by atoms with Gasteiger partial charge in [-0.25, -0.2) is 4.39 Å². The molecule has 1 aliphatic carbocycles. The number of amidine groups is 1. The third-order valence-corrected chi connectivity index (χ3v) is 3.48. The molecule has 1 atom stereocenters. The van der Waals surface area contributed by atoms with Gasteiger partial charge in [0, 0.05) is 4.47 Å². The molecule has 1 unspecified atom stereocenters. The largest absolute Gasteiger partial charge is 0.409 e. The lowest BCUT2D eigenvalue weighted by Gasteiger charge is -2.17. The Labute approximate surface area is 117 Å². The number of benzene rings is 1. The predicted octanol–water partition coefficient (Wildman–Crippen LogP) is 1.84. The van der Waals surface area contributed by atoms with Crippen LogP contribution < -0.4 is 11.1 Å². The van der Waals surface area contributed by atoms with E-state index in [4.69, 9.17) is 10.9 Å². The van der Waals surface area contributed by atoms with Crippen LogP contribution in [0.3, 0.4) is 0 Å². The van der Waals surface area contributed by atoms with E-state index in [1.54, 1.807) is 0 Å². The van der Waals surface area contributed by atoms with Crippen LogP contribution >= 0.6 is 15.9 Å². The average molecular weight is 330 g/mol. The number of hydrogen-bond acceptors (Lipinski definition) is 3. The summed E-state index contributed by atoms with van der Waals surface area (Å²) in [6.45, 7) is 0. The van der Waals surface area contributed by atoms with Crippen molar-refractivity contribution in [3.05, 3.63) is 34.1 Å². The second-order valence-electron chi connectivity index (χ2n) is 4.44. The lowest BCUT2D eigenvalue weighted by Crippen LogP contribution is -2.46. The third kappa shape index (κ3) is 3.23. The summed E-state index contributed by atoms with van der Waals surface area (Å²) in [7, 11) is 0. The number of carbonyl (C=O) groups is 1. The van der Waals surface area contributed by atoms with Crippen LogP contribution in [-0.4, -0.2) is 23.0 Å². The van der Waals surface area contributed by atoms with E-state index in [0.29, 0.717) is 4.47 Å². The molecule has 0 aliphatic heterocycles. The zero-order valence-electron chi connectivity index (χ0n) is 9.94. The molecule has 0 heterocycles. The zero-order chi connectivity index (χ0) is 14.0. The summed E-state index contributed by atoms with van der Waals surface area (Å²) in [5, 5.41) is 14.2. The highest BCUT2D eigenvalue weighted by Crippen LogP contribution is 2.33. The smallest absolute Gasteiger partial charge is 0.254 e. The molecular formula is C12H13BrFN3O2. The van der Waals surface area contributed by atoms with Crippen LogP contribution in [0.2, 0.25) is 0 Å². The average Bonchev–Trinajstić information content (AvgIpc) is 3.22. The van der Waals surface area contributed by atoms with E-state index in [1.165, 1.54) is 18.2 Å². The first kappa shape index (κ1) is 13.8. The summed E-state index contributed by atoms with van der Waals surface area (Å²) in [4.78, 5) is 12.0. The summed E-state index contributed by atoms with van der Waals surface area (Å²) < 4.78 is 14.2. The van der Waals surface area contributed by atoms with Crippen molar-refractivity contribution in [1.29, 1.82) is 0 Å². The molecule has 7 heteroatoms. The van der Waals surface area contributed by atoms with Gasteiger partial charge in [0.1, 0.15) is 5.82 Å². The topological polar surface area (TPSA) is 87.7 Å². The van der Waals surface area contributed by atoms with Gasteiger partial charge in [-0.2, -0.15) is 0 Å². The molecule has 1 saturated carbocycles. The highest BCUT2D eigenvalue weighted by Gasteiger charge is 2.35. The van der Waals surface area contributed by atoms with Crippen LogP contribution in [0.1, 0.15) is 23.2 Å². The Balaban J connectivity index is 2.17. The summed E-state index contributed by atoms with van der Waals surface area (Å²) in [6.07, 6.45) is 1.78. The Bertz CT molecular complexity index is 532. The van der Waals surface area contributed by atoms with Crippen LogP contribution in [0, 0.1) is 11.7 Å². The molecule has 1 amide bonds. The van der Waals surface area contributed by atoms with E-state index in [-0.39, 0.29) is 17.3 Å². The number of amides is 1. The SMILES string of the molecule is NC(=NO)C(NC(=O)c1cc(Br)ccc1F)C1CC1. The quantitative estimate of drug-likeness (QED) is 0.341. The highest BCUT2D eigenvalue weighted by molar-refractivity contribution is 9.10. The molecule has 102 valence electrons. The number of halogens is 2. The Kier molecular flexibility index (Phi) is 4.04. The van der Waals surface area contributed by atoms with Crippen LogP contribution in [0.15, 0.2) is 27.8 Å². The van der Waals surface area contributed by atoms with Crippen molar-refractivity contribution in [2.45, 2.75) is 18.9 Å². The van der Waals surface area contributed by atoms with E-state index in [1.807, 2.05) is 0 Å². The normalized spacial score (nSPS) is 17.1. The van der Waals surface area contributed by atoms with E-state index < -0.39 is 17.8 Å². The van der Waals surface area contributed by atoms with Gasteiger partial charge < -0.3 is 16.3 Å². The molecule has 5 nitrogen and oxygen atoms in total. The summed E-state index contributed by atoms with van der Waals surface area (Å²) in [6, 6.07) is 3.54. The van der Waals surface area contributed by atoms with E-state index in [9.17, 15) is 9.18 Å². The van der Waals surface area contributed by atoms with Crippen molar-refractivity contribution in [2.24, 2.45) is 16.8 Å². The number of rotatable bonds is 4. The molecular weight excluding hydrogens is 317 g/mol. The first-order chi connectivity index (χ1) is 9.02. The molecule has 0 saturated heterocycles. The lowest BCUT2D eigenvalue weighted by atomic mass is 10.1. The number of nitrogens with two attached hydrogens (primary N) is 1. The van der Waals surface area contributed by atoms with Gasteiger partial charge in [-0.15, -0.1) is 0 Å². The fourth-order valence-corrected chi connectivity index (χ4v) is 2.18. The fraction of sp³-hybridized carbons (Fsp3) is 0.333. The van der Waals surface area contributed by atoms with Gasteiger partial charge in [-0.05, 0) is 37.0 Å². The highest BCUT2D eigenvalue weighted by atomic mass is 79.9. The summed E-state index contributed by atoms with van der Waals surface area (Å²) in [5.74, 6) is -1.11. The first-order valence-electron chi connectivity index (χ1n) is 5.76. The van der Waals surface area contributed by atoms with Gasteiger partial charge >= 0.3 is 0 Å². The maximum Gasteiger partial charge on any atom is 0.254 e. The van der Waals surface area contributed by atoms with E-state index in [2.05, 4.69) is 26.4 Å². The number of nitrogens with one attached hydrogen (secondary N) is 1. The van der Waals surface area contributed by atoms with Gasteiger partial charge in [0.05, 0.1) is 11.6 Å². The molecule has 0 spiro atoms. The number of nitrogens with zero attached hydrogens (tertiary/aromatic N) is 1. The molecule has 0 aromatic heterocycles. The molecule has 0 bridgehead atoms. The molecule has 0 radical (unpaired) electrons. The van der Waals surface area contributed by atoms with Crippen molar-refractivity contribution in [3.8, 4) is 0 Å². The minimum atomic E-state index is -0.616. The van der Waals surface area contributed by atoms with Crippen LogP contribution in [0.4, 0.5) is 4.39 Å². The number of hydrogen-bond donors (Lipinski definition) is 3. The molecule has 4 N–H and O–H groups in total. The van der Waals surface area contributed by atoms with Gasteiger partial charge in [0.2, 0.25) is 0 Å². The fourth-order valence-electron chi connectivity index (χ4n) is 1.82. The summed E-state index contributed by atoms with van der Waals surface area (Å²) in [5.41, 5.74) is 5.46. The maximum absolute atomic E-state index is 13.6. The van der Waals surface area contributed by atoms with Gasteiger partial charge in [0.25, 0.3) is 5.91 Å². The Hall–Kier alpha value is -1.63. The van der Waals surface area contributed by atoms with Crippen LogP contribution in [0.5, 0.6) is 0 Å². The minimum absolute atomic E-state index is 0.0637. The van der Waals surface area contributed by atoms with E-state index in [0.717, 1.165) is 12.8 Å². The van der Waals surface area contributed by atoms with Crippen molar-refractivity contribution in [1.82, 2.24) is 5.32 Å². The zero-order valence-corrected chi connectivity index (χ0v) is 11.5. The second kappa shape index (κ2) is 5.56. The van der Waals surface area contributed by atoms with Crippen LogP contribution in [0.25, 0.3) is 0 Å². The first-order valence-corrected chi connectivity index (χ1v) is 6.55. The number of oxime groups is 1. The summed E-state index contributed by atoms with van der Waals surface area (Å²) >= 11 is 3.18. The molecule has 1 fully saturated rings. The van der Waals surface area contributed by atoms with Crippen molar-refractivity contribution >= 4 is 27.7 Å². The molecule has 1 aliphatic rings. The molecule has 1 aromatic carbocycles. The van der Waals surface area contributed by atoms with Gasteiger partial charge in [-0.3, -0.25) is 4.79 Å². The third-order valence-electron chi connectivity index (χ3n) is 2.99. The molecule has 1 aromatic rings. The van der Waals surface area contributed by atoms with E-state index >= 15 is 0 Å². The van der Waals surface area contributed by atoms with Crippen molar-refractivity contribution in [3.63, 3.8) is 0 Å². The Morgan fingerprint density at radius 2 is 2.26 bits per heavy atom. The lowest BCUT2D eigenvalue weighted by molar-refractivity contribution is 0.0939. The van der Waals surface area contributed by atoms with Crippen molar-refractivity contribution < 1.29 is 14.4 Å². The van der Waals surface area contributed by atoms with Gasteiger partial charge in [0.15, 0.2) is 5.84 Å². The monoisotopic (exact) mass is 329 g/mol.